The van der Waals surface area contributed by atoms with Crippen LogP contribution in [0.15, 0.2) is 60.7 Å². The van der Waals surface area contributed by atoms with Crippen molar-refractivity contribution in [2.75, 3.05) is 26.1 Å². The molecule has 1 atom stereocenters. The van der Waals surface area contributed by atoms with Crippen molar-refractivity contribution in [3.8, 4) is 11.5 Å². The first-order valence-corrected chi connectivity index (χ1v) is 11.2. The van der Waals surface area contributed by atoms with E-state index in [4.69, 9.17) is 21.1 Å². The van der Waals surface area contributed by atoms with Crippen LogP contribution in [-0.4, -0.2) is 36.7 Å². The molecule has 0 radical (unpaired) electrons. The van der Waals surface area contributed by atoms with Gasteiger partial charge in [-0.05, 0) is 60.0 Å². The molecule has 1 aromatic heterocycles. The van der Waals surface area contributed by atoms with Gasteiger partial charge < -0.3 is 24.7 Å². The minimum atomic E-state index is -0.421. The summed E-state index contributed by atoms with van der Waals surface area (Å²) >= 11 is 6.26. The minimum absolute atomic E-state index is 0.274. The predicted molar refractivity (Wildman–Crippen MR) is 131 cm³/mol. The van der Waals surface area contributed by atoms with Crippen molar-refractivity contribution in [2.24, 2.45) is 0 Å². The molecule has 0 saturated heterocycles. The van der Waals surface area contributed by atoms with E-state index >= 15 is 0 Å². The van der Waals surface area contributed by atoms with Gasteiger partial charge in [-0.3, -0.25) is 0 Å². The van der Waals surface area contributed by atoms with Gasteiger partial charge in [0.05, 0.1) is 20.3 Å². The van der Waals surface area contributed by atoms with Crippen molar-refractivity contribution in [3.63, 3.8) is 0 Å². The number of hydrogen-bond donors (Lipinski definition) is 2. The number of H-pyrrole nitrogens is 1. The summed E-state index contributed by atoms with van der Waals surface area (Å²) in [4.78, 5) is 18.7. The number of ether oxygens (including phenoxy) is 2. The van der Waals surface area contributed by atoms with Gasteiger partial charge in [0.15, 0.2) is 11.5 Å². The monoisotopic (exact) mass is 479 g/mol. The molecule has 1 aliphatic heterocycles. The number of amides is 2. The Morgan fingerprint density at radius 1 is 1.06 bits per heavy atom. The van der Waals surface area contributed by atoms with Crippen LogP contribution in [0.4, 0.5) is 14.9 Å². The van der Waals surface area contributed by atoms with Crippen LogP contribution in [0.2, 0.25) is 5.02 Å². The standard InChI is InChI=1S/C26H23ClFN3O3/c1-33-22-10-8-18(14-23(22)34-2)29-26(32)31-12-11-19-20-13-16(27)5-9-21(20)30-24(19)25(31)15-3-6-17(28)7-4-15/h3-10,13-14,25,30H,11-12H2,1-2H3,(H,29,32). The minimum Gasteiger partial charge on any atom is -0.493 e. The van der Waals surface area contributed by atoms with Crippen LogP contribution in [-0.2, 0) is 6.42 Å². The van der Waals surface area contributed by atoms with E-state index in [0.717, 1.165) is 27.7 Å². The Kier molecular flexibility index (Phi) is 5.79. The van der Waals surface area contributed by atoms with Gasteiger partial charge in [-0.15, -0.1) is 0 Å². The number of carbonyl (C=O) groups excluding carboxylic acids is 1. The summed E-state index contributed by atoms with van der Waals surface area (Å²) in [6.45, 7) is 0.480. The maximum atomic E-state index is 13.7. The number of methoxy groups -OCH3 is 2. The Morgan fingerprint density at radius 3 is 2.56 bits per heavy atom. The highest BCUT2D eigenvalue weighted by Crippen LogP contribution is 2.39. The third-order valence-electron chi connectivity index (χ3n) is 6.17. The Bertz CT molecular complexity index is 1370. The first-order valence-electron chi connectivity index (χ1n) is 10.8. The number of rotatable bonds is 4. The highest BCUT2D eigenvalue weighted by molar-refractivity contribution is 6.31. The zero-order valence-electron chi connectivity index (χ0n) is 18.7. The number of nitrogens with zero attached hydrogens (tertiary/aromatic N) is 1. The number of anilines is 1. The summed E-state index contributed by atoms with van der Waals surface area (Å²) in [5, 5.41) is 4.66. The van der Waals surface area contributed by atoms with Crippen molar-refractivity contribution in [3.05, 3.63) is 88.3 Å². The average Bonchev–Trinajstić information content (AvgIpc) is 3.21. The van der Waals surface area contributed by atoms with Gasteiger partial charge in [-0.25, -0.2) is 9.18 Å². The SMILES string of the molecule is COc1ccc(NC(=O)N2CCc3c([nH]c4ccc(Cl)cc34)C2c2ccc(F)cc2)cc1OC. The largest absolute Gasteiger partial charge is 0.493 e. The Labute approximate surface area is 201 Å². The van der Waals surface area contributed by atoms with Gasteiger partial charge in [-0.1, -0.05) is 23.7 Å². The molecule has 3 aromatic carbocycles. The lowest BCUT2D eigenvalue weighted by atomic mass is 9.92. The summed E-state index contributed by atoms with van der Waals surface area (Å²) in [5.41, 5.74) is 4.35. The highest BCUT2D eigenvalue weighted by Gasteiger charge is 2.34. The molecule has 0 spiro atoms. The van der Waals surface area contributed by atoms with Crippen LogP contribution < -0.4 is 14.8 Å². The zero-order valence-corrected chi connectivity index (χ0v) is 19.4. The number of aromatic amines is 1. The highest BCUT2D eigenvalue weighted by atomic mass is 35.5. The number of benzene rings is 3. The molecule has 34 heavy (non-hydrogen) atoms. The van der Waals surface area contributed by atoms with Gasteiger partial charge in [-0.2, -0.15) is 0 Å². The Balaban J connectivity index is 1.54. The molecule has 174 valence electrons. The molecule has 2 amide bonds. The second-order valence-electron chi connectivity index (χ2n) is 8.10. The molecule has 0 aliphatic carbocycles. The summed E-state index contributed by atoms with van der Waals surface area (Å²) in [6.07, 6.45) is 0.659. The second-order valence-corrected chi connectivity index (χ2v) is 8.54. The number of urea groups is 1. The summed E-state index contributed by atoms with van der Waals surface area (Å²) in [6, 6.07) is 16.5. The maximum absolute atomic E-state index is 13.7. The van der Waals surface area contributed by atoms with Crippen molar-refractivity contribution in [1.29, 1.82) is 0 Å². The topological polar surface area (TPSA) is 66.6 Å². The maximum Gasteiger partial charge on any atom is 0.322 e. The van der Waals surface area contributed by atoms with Crippen LogP contribution in [0, 0.1) is 5.82 Å². The lowest BCUT2D eigenvalue weighted by molar-refractivity contribution is 0.193. The van der Waals surface area contributed by atoms with E-state index in [-0.39, 0.29) is 11.8 Å². The molecule has 4 aromatic rings. The van der Waals surface area contributed by atoms with Crippen LogP contribution in [0.5, 0.6) is 11.5 Å². The van der Waals surface area contributed by atoms with Gasteiger partial charge in [0.2, 0.25) is 0 Å². The van der Waals surface area contributed by atoms with E-state index < -0.39 is 6.04 Å². The molecule has 1 aliphatic rings. The van der Waals surface area contributed by atoms with E-state index in [9.17, 15) is 9.18 Å². The summed E-state index contributed by atoms with van der Waals surface area (Å²) in [5.74, 6) is 0.761. The number of aromatic nitrogens is 1. The summed E-state index contributed by atoms with van der Waals surface area (Å²) in [7, 11) is 3.10. The fourth-order valence-corrected chi connectivity index (χ4v) is 4.75. The molecule has 0 saturated carbocycles. The van der Waals surface area contributed by atoms with Crippen LogP contribution >= 0.6 is 11.6 Å². The van der Waals surface area contributed by atoms with Crippen molar-refractivity contribution >= 4 is 34.2 Å². The smallest absolute Gasteiger partial charge is 0.322 e. The molecule has 5 rings (SSSR count). The molecule has 1 unspecified atom stereocenters. The van der Waals surface area contributed by atoms with Crippen LogP contribution in [0.1, 0.15) is 22.9 Å². The van der Waals surface area contributed by atoms with Gasteiger partial charge in [0.1, 0.15) is 5.82 Å². The van der Waals surface area contributed by atoms with Crippen molar-refractivity contribution in [1.82, 2.24) is 9.88 Å². The molecular weight excluding hydrogens is 457 g/mol. The van der Waals surface area contributed by atoms with E-state index in [0.29, 0.717) is 35.2 Å². The number of halogens is 2. The lowest BCUT2D eigenvalue weighted by Gasteiger charge is -2.36. The number of nitrogens with one attached hydrogen (secondary N) is 2. The van der Waals surface area contributed by atoms with E-state index in [2.05, 4.69) is 10.3 Å². The molecule has 2 N–H and O–H groups in total. The molecule has 6 nitrogen and oxygen atoms in total. The zero-order chi connectivity index (χ0) is 23.8. The quantitative estimate of drug-likeness (QED) is 0.368. The van der Waals surface area contributed by atoms with E-state index in [1.165, 1.54) is 12.1 Å². The second kappa shape index (κ2) is 8.91. The first-order chi connectivity index (χ1) is 16.5. The summed E-state index contributed by atoms with van der Waals surface area (Å²) < 4.78 is 24.3. The third kappa shape index (κ3) is 3.92. The fourth-order valence-electron chi connectivity index (χ4n) is 4.58. The lowest BCUT2D eigenvalue weighted by Crippen LogP contribution is -2.43. The van der Waals surface area contributed by atoms with Gasteiger partial charge in [0.25, 0.3) is 0 Å². The fraction of sp³-hybridized carbons (Fsp3) is 0.192. The molecule has 0 bridgehead atoms. The Hall–Kier alpha value is -3.71. The van der Waals surface area contributed by atoms with Crippen molar-refractivity contribution in [2.45, 2.75) is 12.5 Å². The third-order valence-corrected chi connectivity index (χ3v) is 6.41. The molecular formula is C26H23ClFN3O3. The first kappa shape index (κ1) is 22.1. The van der Waals surface area contributed by atoms with E-state index in [1.807, 2.05) is 18.2 Å². The number of hydrogen-bond acceptors (Lipinski definition) is 3. The predicted octanol–water partition coefficient (Wildman–Crippen LogP) is 6.16. The average molecular weight is 480 g/mol. The molecule has 8 heteroatoms. The van der Waals surface area contributed by atoms with E-state index in [1.54, 1.807) is 49.5 Å². The van der Waals surface area contributed by atoms with Crippen molar-refractivity contribution < 1.29 is 18.7 Å². The number of fused-ring (bicyclic) bond motifs is 3. The molecule has 2 heterocycles. The van der Waals surface area contributed by atoms with Crippen LogP contribution in [0.25, 0.3) is 10.9 Å². The van der Waals surface area contributed by atoms with Gasteiger partial charge >= 0.3 is 6.03 Å². The molecule has 0 fully saturated rings. The number of carbonyl (C=O) groups is 1. The van der Waals surface area contributed by atoms with Crippen LogP contribution in [0.3, 0.4) is 0 Å². The normalized spacial score (nSPS) is 15.2. The van der Waals surface area contributed by atoms with Gasteiger partial charge in [0, 0.05) is 39.9 Å². The Morgan fingerprint density at radius 2 is 1.82 bits per heavy atom.